The Morgan fingerprint density at radius 1 is 0.294 bits per heavy atom. The lowest BCUT2D eigenvalue weighted by Crippen LogP contribution is -2.02. The van der Waals surface area contributed by atoms with Gasteiger partial charge >= 0.3 is 0 Å². The van der Waals surface area contributed by atoms with E-state index in [2.05, 4.69) is 218 Å². The van der Waals surface area contributed by atoms with E-state index in [4.69, 9.17) is 0 Å². The third-order valence-corrected chi connectivity index (χ3v) is 17.1. The highest BCUT2D eigenvalue weighted by Crippen LogP contribution is 2.50. The zero-order valence-corrected chi connectivity index (χ0v) is 38.6. The number of hydrogen-bond acceptors (Lipinski definition) is 2. The average molecular weight is 897 g/mol. The van der Waals surface area contributed by atoms with Crippen molar-refractivity contribution >= 4 is 123 Å². The summed E-state index contributed by atoms with van der Waals surface area (Å²) in [5.41, 5.74) is 13.3. The molecule has 0 N–H and O–H groups in total. The van der Waals surface area contributed by atoms with Crippen molar-refractivity contribution in [3.8, 4) is 44.5 Å². The van der Waals surface area contributed by atoms with E-state index in [9.17, 15) is 0 Å². The highest BCUT2D eigenvalue weighted by atomic mass is 32.1. The summed E-state index contributed by atoms with van der Waals surface area (Å²) in [6.45, 7) is 0. The molecule has 0 aliphatic heterocycles. The largest absolute Gasteiger partial charge is 0.135 e. The van der Waals surface area contributed by atoms with E-state index in [1.54, 1.807) is 0 Å². The van der Waals surface area contributed by atoms with Gasteiger partial charge in [0, 0.05) is 40.3 Å². The summed E-state index contributed by atoms with van der Waals surface area (Å²) in [4.78, 5) is 0. The molecule has 0 radical (unpaired) electrons. The summed E-state index contributed by atoms with van der Waals surface area (Å²) < 4.78 is 5.33. The maximum absolute atomic E-state index is 2.48. The third kappa shape index (κ3) is 5.59. The van der Waals surface area contributed by atoms with Gasteiger partial charge in [-0.15, -0.1) is 22.7 Å². The number of hydrogen-bond donors (Lipinski definition) is 0. The topological polar surface area (TPSA) is 0 Å². The zero-order valence-electron chi connectivity index (χ0n) is 37.0. The van der Waals surface area contributed by atoms with Crippen LogP contribution in [0.25, 0.3) is 145 Å². The zero-order chi connectivity index (χ0) is 44.5. The second kappa shape index (κ2) is 14.8. The summed E-state index contributed by atoms with van der Waals surface area (Å²) in [6, 6.07) is 77.7. The normalized spacial score (nSPS) is 12.8. The Bertz CT molecular complexity index is 4430. The van der Waals surface area contributed by atoms with E-state index < -0.39 is 0 Å². The van der Waals surface area contributed by atoms with Gasteiger partial charge in [-0.25, -0.2) is 0 Å². The van der Waals surface area contributed by atoms with Gasteiger partial charge in [0.1, 0.15) is 0 Å². The van der Waals surface area contributed by atoms with Crippen LogP contribution in [0, 0.1) is 0 Å². The van der Waals surface area contributed by atoms with E-state index >= 15 is 0 Å². The van der Waals surface area contributed by atoms with Crippen LogP contribution in [-0.4, -0.2) is 0 Å². The Kier molecular flexibility index (Phi) is 8.33. The molecule has 0 saturated carbocycles. The maximum atomic E-state index is 2.48. The van der Waals surface area contributed by atoms with Gasteiger partial charge in [0.05, 0.1) is 0 Å². The van der Waals surface area contributed by atoms with Gasteiger partial charge in [-0.2, -0.15) is 0 Å². The van der Waals surface area contributed by atoms with Gasteiger partial charge in [-0.3, -0.25) is 0 Å². The van der Waals surface area contributed by atoms with Crippen molar-refractivity contribution < 1.29 is 0 Å². The highest BCUT2D eigenvalue weighted by molar-refractivity contribution is 7.26. The average Bonchev–Trinajstić information content (AvgIpc) is 3.97. The molecule has 316 valence electrons. The maximum Gasteiger partial charge on any atom is 0.0361 e. The fraction of sp³-hybridized carbons (Fsp3) is 0.0303. The number of benzene rings is 12. The van der Waals surface area contributed by atoms with Crippen LogP contribution in [0.1, 0.15) is 17.5 Å². The van der Waals surface area contributed by atoms with Crippen molar-refractivity contribution in [2.75, 3.05) is 0 Å². The number of thiophene rings is 2. The minimum Gasteiger partial charge on any atom is -0.135 e. The second-order valence-electron chi connectivity index (χ2n) is 18.5. The molecule has 68 heavy (non-hydrogen) atoms. The van der Waals surface area contributed by atoms with Gasteiger partial charge < -0.3 is 0 Å². The Morgan fingerprint density at radius 2 is 0.750 bits per heavy atom. The first kappa shape index (κ1) is 38.2. The van der Waals surface area contributed by atoms with Crippen molar-refractivity contribution in [2.24, 2.45) is 0 Å². The molecule has 0 saturated heterocycles. The molecule has 14 aromatic rings. The van der Waals surface area contributed by atoms with Crippen LogP contribution >= 0.6 is 22.7 Å². The summed E-state index contributed by atoms with van der Waals surface area (Å²) in [6.07, 6.45) is 6.84. The quantitative estimate of drug-likeness (QED) is 0.154. The first-order chi connectivity index (χ1) is 33.7. The van der Waals surface area contributed by atoms with Crippen LogP contribution in [0.2, 0.25) is 0 Å². The summed E-state index contributed by atoms with van der Waals surface area (Å²) in [5.74, 6) is 0. The Balaban J connectivity index is 0.888. The monoisotopic (exact) mass is 896 g/mol. The fourth-order valence-corrected chi connectivity index (χ4v) is 14.3. The lowest BCUT2D eigenvalue weighted by molar-refractivity contribution is 0.991. The van der Waals surface area contributed by atoms with Gasteiger partial charge in [-0.1, -0.05) is 188 Å². The van der Waals surface area contributed by atoms with Crippen molar-refractivity contribution in [3.63, 3.8) is 0 Å². The summed E-state index contributed by atoms with van der Waals surface area (Å²) >= 11 is 3.85. The third-order valence-electron chi connectivity index (χ3n) is 14.9. The smallest absolute Gasteiger partial charge is 0.0361 e. The second-order valence-corrected chi connectivity index (χ2v) is 20.7. The van der Waals surface area contributed by atoms with Gasteiger partial charge in [0.15, 0.2) is 0 Å². The Labute approximate surface area is 401 Å². The van der Waals surface area contributed by atoms with E-state index in [-0.39, 0.29) is 0 Å². The van der Waals surface area contributed by atoms with E-state index in [1.165, 1.54) is 150 Å². The van der Waals surface area contributed by atoms with Gasteiger partial charge in [0.2, 0.25) is 0 Å². The van der Waals surface area contributed by atoms with Crippen LogP contribution in [0.3, 0.4) is 0 Å². The van der Waals surface area contributed by atoms with Crippen LogP contribution in [0.4, 0.5) is 0 Å². The number of rotatable bonds is 4. The molecule has 0 unspecified atom stereocenters. The van der Waals surface area contributed by atoms with Crippen LogP contribution in [0.15, 0.2) is 212 Å². The molecule has 2 heteroatoms. The number of fused-ring (bicyclic) bond motifs is 14. The predicted molar refractivity (Wildman–Crippen MR) is 299 cm³/mol. The van der Waals surface area contributed by atoms with Crippen LogP contribution in [0.5, 0.6) is 0 Å². The molecule has 0 fully saturated rings. The van der Waals surface area contributed by atoms with Gasteiger partial charge in [0.25, 0.3) is 0 Å². The van der Waals surface area contributed by atoms with Crippen molar-refractivity contribution in [3.05, 3.63) is 223 Å². The highest BCUT2D eigenvalue weighted by Gasteiger charge is 2.23. The molecule has 2 heterocycles. The number of allylic oxidation sites excluding steroid dienone is 1. The van der Waals surface area contributed by atoms with Crippen LogP contribution in [-0.2, 0) is 6.42 Å². The molecule has 15 rings (SSSR count). The van der Waals surface area contributed by atoms with E-state index in [0.29, 0.717) is 0 Å². The molecule has 12 aromatic carbocycles. The minimum absolute atomic E-state index is 1.04. The fourth-order valence-electron chi connectivity index (χ4n) is 12.0. The van der Waals surface area contributed by atoms with Crippen molar-refractivity contribution in [1.29, 1.82) is 0 Å². The molecule has 1 aliphatic carbocycles. The molecule has 0 amide bonds. The lowest BCUT2D eigenvalue weighted by atomic mass is 9.80. The molecule has 0 spiro atoms. The Hall–Kier alpha value is -7.88. The first-order valence-corrected chi connectivity index (χ1v) is 25.3. The first-order valence-electron chi connectivity index (χ1n) is 23.7. The summed E-state index contributed by atoms with van der Waals surface area (Å²) in [7, 11) is 0. The SMILES string of the molecule is C1=Cc2c(c(-c3ccc4c(c3)sc3ccc5c(ccc6sc7cc(-c8c9ccccc9c(-c9ccc%10ccccc%10c9)c9ccccc89)ccc7c65)c34)c3ccccc3c2-c2ccccc2)CC1. The van der Waals surface area contributed by atoms with Crippen molar-refractivity contribution in [1.82, 2.24) is 0 Å². The molecule has 1 aliphatic rings. The minimum atomic E-state index is 1.04. The van der Waals surface area contributed by atoms with E-state index in [1.807, 2.05) is 22.7 Å². The predicted octanol–water partition coefficient (Wildman–Crippen LogP) is 19.8. The molecular formula is C66H40S2. The summed E-state index contributed by atoms with van der Waals surface area (Å²) in [5, 5.41) is 18.4. The van der Waals surface area contributed by atoms with Crippen molar-refractivity contribution in [2.45, 2.75) is 12.8 Å². The molecule has 0 bridgehead atoms. The van der Waals surface area contributed by atoms with Gasteiger partial charge in [-0.05, 0) is 153 Å². The lowest BCUT2D eigenvalue weighted by Gasteiger charge is -2.23. The molecular weight excluding hydrogens is 857 g/mol. The van der Waals surface area contributed by atoms with Crippen LogP contribution < -0.4 is 0 Å². The standard InChI is InChI=1S/C66H40S2/c1-2-15-40(16-3-1)61-45-18-6-8-20-47(45)63(48-21-9-7-19-46(48)61)43-28-30-55-59(37-43)67-57-34-32-54-53(65(55)57)33-35-58-66(54)56-31-29-44(38-60(56)68-58)64-51-24-12-10-22-49(51)62(50-23-11-13-25-52(50)64)42-27-26-39-14-4-5-17-41(39)36-42/h1-8,10-20,22-38H,9,21H2. The Morgan fingerprint density at radius 3 is 1.34 bits per heavy atom. The molecule has 2 aromatic heterocycles. The molecule has 0 nitrogen and oxygen atoms in total. The molecule has 0 atom stereocenters. The van der Waals surface area contributed by atoms with E-state index in [0.717, 1.165) is 12.8 Å².